The molecule has 35 heavy (non-hydrogen) atoms. The van der Waals surface area contributed by atoms with Gasteiger partial charge in [0.1, 0.15) is 6.10 Å². The molecule has 5 atom stereocenters. The number of pyridine rings is 1. The predicted octanol–water partition coefficient (Wildman–Crippen LogP) is 3.14. The summed E-state index contributed by atoms with van der Waals surface area (Å²) >= 11 is 6.38. The van der Waals surface area contributed by atoms with Crippen molar-refractivity contribution in [2.24, 2.45) is 11.8 Å². The largest absolute Gasteiger partial charge is 0.487 e. The summed E-state index contributed by atoms with van der Waals surface area (Å²) in [5.41, 5.74) is 0.904. The van der Waals surface area contributed by atoms with Crippen LogP contribution in [0.4, 0.5) is 11.6 Å². The minimum absolute atomic E-state index is 0.00605. The third-order valence-electron chi connectivity index (χ3n) is 7.00. The first-order valence-electron chi connectivity index (χ1n) is 11.7. The molecule has 4 heterocycles. The number of aliphatic carboxylic acids is 1. The molecule has 190 valence electrons. The lowest BCUT2D eigenvalue weighted by molar-refractivity contribution is -0.137. The summed E-state index contributed by atoms with van der Waals surface area (Å²) in [7, 11) is 3.23. The Balaban J connectivity index is 1.40. The fourth-order valence-electron chi connectivity index (χ4n) is 5.00. The average Bonchev–Trinajstić information content (AvgIpc) is 3.16. The van der Waals surface area contributed by atoms with Crippen LogP contribution in [0.15, 0.2) is 24.7 Å². The van der Waals surface area contributed by atoms with E-state index in [1.807, 2.05) is 17.9 Å². The highest BCUT2D eigenvalue weighted by molar-refractivity contribution is 6.33. The molecule has 10 nitrogen and oxygen atoms in total. The molecule has 2 fully saturated rings. The van der Waals surface area contributed by atoms with Gasteiger partial charge in [-0.2, -0.15) is 0 Å². The van der Waals surface area contributed by atoms with Gasteiger partial charge in [0.05, 0.1) is 48.9 Å². The van der Waals surface area contributed by atoms with E-state index in [4.69, 9.17) is 25.8 Å². The Hall–Kier alpha value is -2.85. The number of halogens is 1. The highest BCUT2D eigenvalue weighted by Crippen LogP contribution is 2.34. The fraction of sp³-hybridized carbons (Fsp3) is 0.583. The number of rotatable bonds is 8. The normalized spacial score (nSPS) is 26.6. The summed E-state index contributed by atoms with van der Waals surface area (Å²) in [6.45, 7) is 6.25. The third kappa shape index (κ3) is 5.54. The maximum absolute atomic E-state index is 11.4. The van der Waals surface area contributed by atoms with Crippen molar-refractivity contribution in [3.8, 4) is 11.6 Å². The van der Waals surface area contributed by atoms with Gasteiger partial charge in [-0.3, -0.25) is 4.79 Å². The van der Waals surface area contributed by atoms with Gasteiger partial charge in [0, 0.05) is 57.1 Å². The molecule has 2 saturated heterocycles. The van der Waals surface area contributed by atoms with Crippen LogP contribution in [0, 0.1) is 11.8 Å². The van der Waals surface area contributed by atoms with Crippen LogP contribution in [0.2, 0.25) is 5.02 Å². The predicted molar refractivity (Wildman–Crippen MR) is 132 cm³/mol. The van der Waals surface area contributed by atoms with Crippen molar-refractivity contribution in [3.63, 3.8) is 0 Å². The number of carbonyl (C=O) groups is 1. The van der Waals surface area contributed by atoms with Crippen LogP contribution in [-0.2, 0) is 9.53 Å². The second-order valence-corrected chi connectivity index (χ2v) is 9.62. The van der Waals surface area contributed by atoms with E-state index in [1.54, 1.807) is 32.8 Å². The second kappa shape index (κ2) is 10.8. The fourth-order valence-corrected chi connectivity index (χ4v) is 5.22. The van der Waals surface area contributed by atoms with Crippen molar-refractivity contribution in [1.29, 1.82) is 0 Å². The topological polar surface area (TPSA) is 110 Å². The number of anilines is 2. The quantitative estimate of drug-likeness (QED) is 0.574. The van der Waals surface area contributed by atoms with E-state index in [9.17, 15) is 9.90 Å². The lowest BCUT2D eigenvalue weighted by Gasteiger charge is -2.38. The molecule has 0 saturated carbocycles. The molecule has 0 radical (unpaired) electrons. The van der Waals surface area contributed by atoms with Crippen LogP contribution in [-0.4, -0.2) is 78.1 Å². The number of carboxylic acid groups (broad SMARTS) is 1. The first-order chi connectivity index (χ1) is 16.8. The molecule has 2 aromatic heterocycles. The van der Waals surface area contributed by atoms with Crippen molar-refractivity contribution in [2.75, 3.05) is 43.7 Å². The Kier molecular flexibility index (Phi) is 7.81. The van der Waals surface area contributed by atoms with Crippen molar-refractivity contribution in [2.45, 2.75) is 44.9 Å². The van der Waals surface area contributed by atoms with Crippen LogP contribution < -0.4 is 19.3 Å². The maximum atomic E-state index is 11.4. The van der Waals surface area contributed by atoms with Crippen LogP contribution in [0.3, 0.4) is 0 Å². The standard InChI is InChI=1S/C24H32ClN5O5/c1-14-12-29(19-7-22(34-4)26-11-17(19)25)6-5-20(14)35-16-9-27-24(28-10-16)30-13-21(33-3)15(2)18(30)8-23(31)32/h7,9-11,14-15,18,20-21H,5-6,8,12-13H2,1-4H3,(H,31,32). The molecule has 0 amide bonds. The van der Waals surface area contributed by atoms with Gasteiger partial charge in [0.25, 0.3) is 0 Å². The number of carboxylic acids is 1. The van der Waals surface area contributed by atoms with Crippen LogP contribution in [0.25, 0.3) is 0 Å². The summed E-state index contributed by atoms with van der Waals surface area (Å²) in [6, 6.07) is 1.63. The monoisotopic (exact) mass is 505 g/mol. The van der Waals surface area contributed by atoms with Crippen molar-refractivity contribution < 1.29 is 24.1 Å². The van der Waals surface area contributed by atoms with E-state index in [1.165, 1.54) is 0 Å². The highest BCUT2D eigenvalue weighted by atomic mass is 35.5. The van der Waals surface area contributed by atoms with E-state index in [0.29, 0.717) is 29.1 Å². The summed E-state index contributed by atoms with van der Waals surface area (Å²) in [5.74, 6) is 1.04. The lowest BCUT2D eigenvalue weighted by Crippen LogP contribution is -2.44. The van der Waals surface area contributed by atoms with Crippen LogP contribution in [0.5, 0.6) is 11.6 Å². The summed E-state index contributed by atoms with van der Waals surface area (Å²) < 4.78 is 17.0. The second-order valence-electron chi connectivity index (χ2n) is 9.22. The summed E-state index contributed by atoms with van der Waals surface area (Å²) in [4.78, 5) is 28.7. The molecule has 0 bridgehead atoms. The maximum Gasteiger partial charge on any atom is 0.305 e. The van der Waals surface area contributed by atoms with E-state index in [2.05, 4.69) is 26.8 Å². The van der Waals surface area contributed by atoms with E-state index in [0.717, 1.165) is 25.2 Å². The molecule has 4 rings (SSSR count). The van der Waals surface area contributed by atoms with Gasteiger partial charge in [-0.25, -0.2) is 15.0 Å². The molecule has 11 heteroatoms. The molecule has 0 aromatic carbocycles. The Morgan fingerprint density at radius 1 is 1.14 bits per heavy atom. The Bertz CT molecular complexity index is 1030. The zero-order valence-corrected chi connectivity index (χ0v) is 21.2. The van der Waals surface area contributed by atoms with Gasteiger partial charge in [-0.1, -0.05) is 25.4 Å². The lowest BCUT2D eigenvalue weighted by atomic mass is 9.96. The van der Waals surface area contributed by atoms with Crippen molar-refractivity contribution >= 4 is 29.2 Å². The molecule has 2 aliphatic rings. The third-order valence-corrected chi connectivity index (χ3v) is 7.29. The Morgan fingerprint density at radius 2 is 1.89 bits per heavy atom. The number of methoxy groups -OCH3 is 2. The summed E-state index contributed by atoms with van der Waals surface area (Å²) in [5, 5.41) is 9.94. The van der Waals surface area contributed by atoms with Gasteiger partial charge in [-0.05, 0) is 0 Å². The first kappa shape index (κ1) is 25.2. The molecule has 0 aliphatic carbocycles. The zero-order valence-electron chi connectivity index (χ0n) is 20.4. The molecular weight excluding hydrogens is 474 g/mol. The number of ether oxygens (including phenoxy) is 3. The van der Waals surface area contributed by atoms with E-state index >= 15 is 0 Å². The molecule has 5 unspecified atom stereocenters. The van der Waals surface area contributed by atoms with E-state index in [-0.39, 0.29) is 36.5 Å². The minimum Gasteiger partial charge on any atom is -0.487 e. The SMILES string of the molecule is COc1cc(N2CCC(Oc3cnc(N4CC(OC)C(C)C4CC(=O)O)nc3)C(C)C2)c(Cl)cn1. The molecular formula is C24H32ClN5O5. The highest BCUT2D eigenvalue weighted by Gasteiger charge is 2.41. The minimum atomic E-state index is -0.851. The van der Waals surface area contributed by atoms with Crippen molar-refractivity contribution in [3.05, 3.63) is 29.7 Å². The first-order valence-corrected chi connectivity index (χ1v) is 12.1. The Labute approximate surface area is 210 Å². The van der Waals surface area contributed by atoms with Crippen LogP contribution in [0.1, 0.15) is 26.7 Å². The van der Waals surface area contributed by atoms with Crippen molar-refractivity contribution in [1.82, 2.24) is 15.0 Å². The number of nitrogens with zero attached hydrogens (tertiary/aromatic N) is 5. The number of hydrogen-bond acceptors (Lipinski definition) is 9. The summed E-state index contributed by atoms with van der Waals surface area (Å²) in [6.07, 6.45) is 5.68. The number of piperidine rings is 1. The number of aromatic nitrogens is 3. The van der Waals surface area contributed by atoms with E-state index < -0.39 is 5.97 Å². The molecule has 0 spiro atoms. The molecule has 1 N–H and O–H groups in total. The number of hydrogen-bond donors (Lipinski definition) is 1. The smallest absolute Gasteiger partial charge is 0.305 e. The Morgan fingerprint density at radius 3 is 2.51 bits per heavy atom. The van der Waals surface area contributed by atoms with Crippen LogP contribution >= 0.6 is 11.6 Å². The van der Waals surface area contributed by atoms with Gasteiger partial charge in [0.15, 0.2) is 5.75 Å². The molecule has 2 aromatic rings. The average molecular weight is 506 g/mol. The zero-order chi connectivity index (χ0) is 25.1. The van der Waals surface area contributed by atoms with Gasteiger partial charge in [-0.15, -0.1) is 0 Å². The molecule has 2 aliphatic heterocycles. The van der Waals surface area contributed by atoms with Gasteiger partial charge < -0.3 is 29.1 Å². The van der Waals surface area contributed by atoms with Gasteiger partial charge in [0.2, 0.25) is 11.8 Å². The van der Waals surface area contributed by atoms with Gasteiger partial charge >= 0.3 is 5.97 Å².